The average molecular weight is 620 g/mol. The number of nitrogens with zero attached hydrogens (tertiary/aromatic N) is 5. The smallest absolute Gasteiger partial charge is 0.336 e. The normalized spacial score (nSPS) is 14.2. The quantitative estimate of drug-likeness (QED) is 0.148. The monoisotopic (exact) mass is 619 g/mol. The molecule has 1 aliphatic rings. The van der Waals surface area contributed by atoms with Gasteiger partial charge in [-0.1, -0.05) is 48.0 Å². The number of hydrogen-bond donors (Lipinski definition) is 0. The number of imidazole rings is 1. The lowest BCUT2D eigenvalue weighted by Gasteiger charge is -2.35. The number of non-ortho nitro benzene ring substituents is 1. The lowest BCUT2D eigenvalue weighted by atomic mass is 10.0. The highest BCUT2D eigenvalue weighted by Gasteiger charge is 2.31. The number of amides is 1. The van der Waals surface area contributed by atoms with Gasteiger partial charge in [-0.15, -0.1) is 0 Å². The standard InChI is InChI=1S/C32H25ClF3N5O3/c33-27-10-2-1-9-26(27)31(42)39-15-13-38(14-16-39)20-28-30(22-6-4-8-25(18-22)41(43)44)37-29-12-11-23(19-40(28)29)21-5-3-7-24(17-21)32(34,35)36/h1-12,17-19H,13-16,20H2. The minimum Gasteiger partial charge on any atom is -0.336 e. The number of fused-ring (bicyclic) bond motifs is 1. The van der Waals surface area contributed by atoms with Crippen LogP contribution in [-0.4, -0.2) is 56.2 Å². The van der Waals surface area contributed by atoms with E-state index in [9.17, 15) is 28.1 Å². The molecule has 1 saturated heterocycles. The third-order valence-electron chi connectivity index (χ3n) is 7.71. The summed E-state index contributed by atoms with van der Waals surface area (Å²) in [5.74, 6) is -0.145. The number of carbonyl (C=O) groups excluding carboxylic acids is 1. The van der Waals surface area contributed by atoms with Gasteiger partial charge >= 0.3 is 6.18 Å². The Balaban J connectivity index is 1.35. The molecule has 1 aliphatic heterocycles. The van der Waals surface area contributed by atoms with Gasteiger partial charge < -0.3 is 9.30 Å². The van der Waals surface area contributed by atoms with Gasteiger partial charge in [0.15, 0.2) is 0 Å². The van der Waals surface area contributed by atoms with E-state index in [0.717, 1.165) is 17.8 Å². The van der Waals surface area contributed by atoms with Crippen LogP contribution in [0.25, 0.3) is 28.0 Å². The van der Waals surface area contributed by atoms with Crippen molar-refractivity contribution in [1.82, 2.24) is 19.2 Å². The fraction of sp³-hybridized carbons (Fsp3) is 0.188. The molecule has 0 unspecified atom stereocenters. The number of benzene rings is 3. The molecule has 0 bridgehead atoms. The Morgan fingerprint density at radius 2 is 1.61 bits per heavy atom. The van der Waals surface area contributed by atoms with Crippen molar-refractivity contribution in [3.63, 3.8) is 0 Å². The first-order chi connectivity index (χ1) is 21.1. The van der Waals surface area contributed by atoms with Crippen LogP contribution in [-0.2, 0) is 12.7 Å². The zero-order valence-electron chi connectivity index (χ0n) is 23.2. The van der Waals surface area contributed by atoms with Gasteiger partial charge in [0.05, 0.1) is 32.5 Å². The molecule has 6 rings (SSSR count). The molecule has 1 amide bonds. The van der Waals surface area contributed by atoms with Gasteiger partial charge in [-0.2, -0.15) is 13.2 Å². The highest BCUT2D eigenvalue weighted by Crippen LogP contribution is 2.34. The first kappa shape index (κ1) is 29.3. The van der Waals surface area contributed by atoms with E-state index in [1.54, 1.807) is 65.7 Å². The molecule has 0 radical (unpaired) electrons. The minimum atomic E-state index is -4.48. The molecule has 0 spiro atoms. The molecule has 0 atom stereocenters. The second-order valence-electron chi connectivity index (χ2n) is 10.5. The van der Waals surface area contributed by atoms with Crippen molar-refractivity contribution in [1.29, 1.82) is 0 Å². The van der Waals surface area contributed by atoms with Crippen molar-refractivity contribution in [3.8, 4) is 22.4 Å². The van der Waals surface area contributed by atoms with Gasteiger partial charge in [-0.25, -0.2) is 4.98 Å². The molecule has 44 heavy (non-hydrogen) atoms. The van der Waals surface area contributed by atoms with Crippen LogP contribution < -0.4 is 0 Å². The molecule has 0 aliphatic carbocycles. The summed E-state index contributed by atoms with van der Waals surface area (Å²) in [4.78, 5) is 32.8. The summed E-state index contributed by atoms with van der Waals surface area (Å²) in [6.07, 6.45) is -2.74. The number of rotatable bonds is 6. The summed E-state index contributed by atoms with van der Waals surface area (Å²) in [7, 11) is 0. The number of hydrogen-bond acceptors (Lipinski definition) is 5. The Labute approximate surface area is 255 Å². The zero-order valence-corrected chi connectivity index (χ0v) is 23.9. The van der Waals surface area contributed by atoms with Gasteiger partial charge in [0, 0.05) is 56.6 Å². The molecule has 0 saturated carbocycles. The van der Waals surface area contributed by atoms with Crippen LogP contribution in [0.15, 0.2) is 91.1 Å². The zero-order chi connectivity index (χ0) is 31.0. The first-order valence-electron chi connectivity index (χ1n) is 13.8. The molecule has 224 valence electrons. The Kier molecular flexibility index (Phi) is 7.83. The molecule has 12 heteroatoms. The number of piperazine rings is 1. The number of halogens is 4. The van der Waals surface area contributed by atoms with E-state index in [4.69, 9.17) is 16.6 Å². The molecule has 1 fully saturated rings. The van der Waals surface area contributed by atoms with E-state index >= 15 is 0 Å². The molecule has 5 aromatic rings. The van der Waals surface area contributed by atoms with E-state index in [1.165, 1.54) is 18.2 Å². The van der Waals surface area contributed by atoms with Crippen molar-refractivity contribution in [2.75, 3.05) is 26.2 Å². The molecule has 3 aromatic carbocycles. The van der Waals surface area contributed by atoms with Gasteiger partial charge in [0.25, 0.3) is 11.6 Å². The Morgan fingerprint density at radius 1 is 0.886 bits per heavy atom. The van der Waals surface area contributed by atoms with Crippen molar-refractivity contribution in [2.45, 2.75) is 12.7 Å². The molecule has 2 aromatic heterocycles. The SMILES string of the molecule is O=C(c1ccccc1Cl)N1CCN(Cc2c(-c3cccc([N+](=O)[O-])c3)nc3ccc(-c4cccc(C(F)(F)F)c4)cn23)CC1. The lowest BCUT2D eigenvalue weighted by molar-refractivity contribution is -0.384. The predicted octanol–water partition coefficient (Wildman–Crippen LogP) is 7.21. The highest BCUT2D eigenvalue weighted by molar-refractivity contribution is 6.33. The van der Waals surface area contributed by atoms with E-state index in [1.807, 2.05) is 4.40 Å². The van der Waals surface area contributed by atoms with Gasteiger partial charge in [0.1, 0.15) is 5.65 Å². The van der Waals surface area contributed by atoms with Crippen molar-refractivity contribution < 1.29 is 22.9 Å². The van der Waals surface area contributed by atoms with E-state index in [2.05, 4.69) is 4.90 Å². The summed E-state index contributed by atoms with van der Waals surface area (Å²) < 4.78 is 42.1. The van der Waals surface area contributed by atoms with Crippen LogP contribution in [0.5, 0.6) is 0 Å². The number of nitro groups is 1. The number of pyridine rings is 1. The highest BCUT2D eigenvalue weighted by atomic mass is 35.5. The molecular formula is C32H25ClF3N5O3. The van der Waals surface area contributed by atoms with Crippen LogP contribution in [0.1, 0.15) is 21.6 Å². The third kappa shape index (κ3) is 5.88. The van der Waals surface area contributed by atoms with E-state index in [0.29, 0.717) is 71.3 Å². The van der Waals surface area contributed by atoms with Gasteiger partial charge in [-0.05, 0) is 47.5 Å². The van der Waals surface area contributed by atoms with Crippen LogP contribution >= 0.6 is 11.6 Å². The van der Waals surface area contributed by atoms with Crippen molar-refractivity contribution in [2.24, 2.45) is 0 Å². The lowest BCUT2D eigenvalue weighted by Crippen LogP contribution is -2.48. The topological polar surface area (TPSA) is 84.0 Å². The molecule has 3 heterocycles. The molecule has 8 nitrogen and oxygen atoms in total. The largest absolute Gasteiger partial charge is 0.416 e. The number of carbonyl (C=O) groups is 1. The van der Waals surface area contributed by atoms with E-state index in [-0.39, 0.29) is 11.6 Å². The average Bonchev–Trinajstić information content (AvgIpc) is 3.38. The summed E-state index contributed by atoms with van der Waals surface area (Å²) in [5.41, 5.74) is 2.91. The predicted molar refractivity (Wildman–Crippen MR) is 160 cm³/mol. The number of nitro benzene ring substituents is 1. The van der Waals surface area contributed by atoms with Crippen molar-refractivity contribution in [3.05, 3.63) is 123 Å². The first-order valence-corrected chi connectivity index (χ1v) is 14.2. The second-order valence-corrected chi connectivity index (χ2v) is 10.9. The maximum atomic E-state index is 13.4. The van der Waals surface area contributed by atoms with Crippen LogP contribution in [0.3, 0.4) is 0 Å². The molecular weight excluding hydrogens is 595 g/mol. The van der Waals surface area contributed by atoms with Crippen LogP contribution in [0.4, 0.5) is 18.9 Å². The minimum absolute atomic E-state index is 0.0816. The Hall–Kier alpha value is -4.74. The molecule has 0 N–H and O–H groups in total. The van der Waals surface area contributed by atoms with Crippen molar-refractivity contribution >= 4 is 28.8 Å². The van der Waals surface area contributed by atoms with Crippen LogP contribution in [0, 0.1) is 10.1 Å². The summed E-state index contributed by atoms with van der Waals surface area (Å²) in [6, 6.07) is 21.7. The summed E-state index contributed by atoms with van der Waals surface area (Å²) >= 11 is 6.25. The summed E-state index contributed by atoms with van der Waals surface area (Å²) in [5, 5.41) is 11.9. The Bertz CT molecular complexity index is 1880. The fourth-order valence-electron chi connectivity index (χ4n) is 5.41. The van der Waals surface area contributed by atoms with E-state index < -0.39 is 16.7 Å². The number of alkyl halides is 3. The van der Waals surface area contributed by atoms with Crippen LogP contribution in [0.2, 0.25) is 5.02 Å². The second kappa shape index (κ2) is 11.7. The summed E-state index contributed by atoms with van der Waals surface area (Å²) in [6.45, 7) is 2.40. The van der Waals surface area contributed by atoms with Gasteiger partial charge in [0.2, 0.25) is 0 Å². The maximum Gasteiger partial charge on any atom is 0.416 e. The maximum absolute atomic E-state index is 13.4. The fourth-order valence-corrected chi connectivity index (χ4v) is 5.63. The Morgan fingerprint density at radius 3 is 2.34 bits per heavy atom. The number of aromatic nitrogens is 2. The van der Waals surface area contributed by atoms with Gasteiger partial charge in [-0.3, -0.25) is 19.8 Å². The third-order valence-corrected chi connectivity index (χ3v) is 8.04.